The topological polar surface area (TPSA) is 117 Å². The summed E-state index contributed by atoms with van der Waals surface area (Å²) in [5.74, 6) is -0.0973. The molecule has 40 heavy (non-hydrogen) atoms. The molecule has 9 nitrogen and oxygen atoms in total. The summed E-state index contributed by atoms with van der Waals surface area (Å²) < 4.78 is 0. The first kappa shape index (κ1) is 30.8. The van der Waals surface area contributed by atoms with Crippen LogP contribution >= 0.6 is 12.4 Å². The summed E-state index contributed by atoms with van der Waals surface area (Å²) in [5.41, 5.74) is 2.78. The summed E-state index contributed by atoms with van der Waals surface area (Å²) in [6, 6.07) is 16.5. The fraction of sp³-hybridized carbons (Fsp3) is 0.400. The van der Waals surface area contributed by atoms with Gasteiger partial charge in [0, 0.05) is 30.3 Å². The standard InChI is InChI=1S/C30H37N5O4.ClH/c1-21(2)32-29(36)26-9-6-17-31-28(26)30(37)33-27(24-10-12-25(13-11-24)35(38)39)16-20-34-18-14-23(15-19-34)22-7-4-3-5-8-22;/h3-8,10-13,17,21,23,27,31H,9,14-16,18-20H2,1-2H3,(H,32,36)(H,33,37);1H. The molecule has 1 atom stereocenters. The Morgan fingerprint density at radius 2 is 1.70 bits per heavy atom. The van der Waals surface area contributed by atoms with Crippen molar-refractivity contribution in [3.63, 3.8) is 0 Å². The third-order valence-corrected chi connectivity index (χ3v) is 7.29. The van der Waals surface area contributed by atoms with Crippen LogP contribution in [0.3, 0.4) is 0 Å². The average molecular weight is 568 g/mol. The number of nitrogens with one attached hydrogen (secondary N) is 3. The Morgan fingerprint density at radius 1 is 1.02 bits per heavy atom. The second-order valence-corrected chi connectivity index (χ2v) is 10.4. The van der Waals surface area contributed by atoms with Gasteiger partial charge in [-0.2, -0.15) is 0 Å². The van der Waals surface area contributed by atoms with Gasteiger partial charge in [-0.15, -0.1) is 12.4 Å². The van der Waals surface area contributed by atoms with E-state index in [0.29, 0.717) is 24.3 Å². The second kappa shape index (κ2) is 14.6. The first-order valence-electron chi connectivity index (χ1n) is 13.6. The van der Waals surface area contributed by atoms with Crippen LogP contribution < -0.4 is 16.0 Å². The molecule has 2 aliphatic heterocycles. The molecule has 10 heteroatoms. The van der Waals surface area contributed by atoms with Crippen LogP contribution in [0.25, 0.3) is 0 Å². The number of hydrogen-bond acceptors (Lipinski definition) is 6. The maximum atomic E-state index is 13.4. The van der Waals surface area contributed by atoms with Crippen molar-refractivity contribution in [3.8, 4) is 0 Å². The van der Waals surface area contributed by atoms with E-state index in [1.807, 2.05) is 19.9 Å². The molecule has 2 aromatic rings. The van der Waals surface area contributed by atoms with E-state index in [1.165, 1.54) is 17.7 Å². The van der Waals surface area contributed by atoms with Crippen LogP contribution in [0.5, 0.6) is 0 Å². The number of dihydropyridines is 1. The minimum atomic E-state index is -0.434. The summed E-state index contributed by atoms with van der Waals surface area (Å²) in [5, 5.41) is 20.1. The van der Waals surface area contributed by atoms with Gasteiger partial charge in [-0.05, 0) is 75.9 Å². The quantitative estimate of drug-likeness (QED) is 0.282. The highest BCUT2D eigenvalue weighted by Gasteiger charge is 2.26. The van der Waals surface area contributed by atoms with Crippen molar-refractivity contribution in [3.05, 3.63) is 99.4 Å². The zero-order valence-electron chi connectivity index (χ0n) is 23.0. The number of carbonyl (C=O) groups excluding carboxylic acids is 2. The number of likely N-dealkylation sites (tertiary alicyclic amines) is 1. The molecular formula is C30H38ClN5O4. The Kier molecular flexibility index (Phi) is 11.3. The van der Waals surface area contributed by atoms with Crippen molar-refractivity contribution >= 4 is 29.9 Å². The van der Waals surface area contributed by atoms with Crippen molar-refractivity contribution in [2.45, 2.75) is 57.5 Å². The van der Waals surface area contributed by atoms with Gasteiger partial charge in [0.15, 0.2) is 0 Å². The SMILES string of the molecule is CC(C)NC(=O)C1=C(C(=O)NC(CCN2CCC(c3ccccc3)CC2)c2ccc([N+](=O)[O-])cc2)NC=CC1.Cl. The van der Waals surface area contributed by atoms with Crippen LogP contribution in [0.15, 0.2) is 78.1 Å². The van der Waals surface area contributed by atoms with Gasteiger partial charge in [-0.25, -0.2) is 0 Å². The maximum Gasteiger partial charge on any atom is 0.269 e. The van der Waals surface area contributed by atoms with Gasteiger partial charge in [-0.1, -0.05) is 48.5 Å². The van der Waals surface area contributed by atoms with E-state index in [9.17, 15) is 19.7 Å². The highest BCUT2D eigenvalue weighted by molar-refractivity contribution is 6.05. The van der Waals surface area contributed by atoms with E-state index in [2.05, 4.69) is 45.1 Å². The molecule has 0 spiro atoms. The number of hydrogen-bond donors (Lipinski definition) is 3. The van der Waals surface area contributed by atoms with E-state index in [4.69, 9.17) is 0 Å². The normalized spacial score (nSPS) is 16.6. The molecule has 0 radical (unpaired) electrons. The van der Waals surface area contributed by atoms with Crippen LogP contribution in [0, 0.1) is 10.1 Å². The van der Waals surface area contributed by atoms with Gasteiger partial charge in [0.05, 0.1) is 11.0 Å². The van der Waals surface area contributed by atoms with Crippen molar-refractivity contribution in [1.29, 1.82) is 0 Å². The molecular weight excluding hydrogens is 530 g/mol. The van der Waals surface area contributed by atoms with Crippen LogP contribution in [-0.2, 0) is 9.59 Å². The number of nitro benzene ring substituents is 1. The predicted molar refractivity (Wildman–Crippen MR) is 158 cm³/mol. The second-order valence-electron chi connectivity index (χ2n) is 10.4. The first-order valence-corrected chi connectivity index (χ1v) is 13.6. The van der Waals surface area contributed by atoms with Crippen molar-refractivity contribution in [1.82, 2.24) is 20.9 Å². The lowest BCUT2D eigenvalue weighted by Crippen LogP contribution is -2.40. The Morgan fingerprint density at radius 3 is 2.33 bits per heavy atom. The number of carbonyl (C=O) groups is 2. The molecule has 2 heterocycles. The lowest BCUT2D eigenvalue weighted by Gasteiger charge is -2.33. The molecule has 3 N–H and O–H groups in total. The van der Waals surface area contributed by atoms with Gasteiger partial charge >= 0.3 is 0 Å². The summed E-state index contributed by atoms with van der Waals surface area (Å²) >= 11 is 0. The fourth-order valence-corrected chi connectivity index (χ4v) is 5.17. The molecule has 0 saturated carbocycles. The molecule has 4 rings (SSSR count). The van der Waals surface area contributed by atoms with Crippen LogP contribution in [0.2, 0.25) is 0 Å². The van der Waals surface area contributed by atoms with Gasteiger partial charge in [0.1, 0.15) is 5.70 Å². The largest absolute Gasteiger partial charge is 0.357 e. The van der Waals surface area contributed by atoms with Gasteiger partial charge in [0.25, 0.3) is 11.6 Å². The highest BCUT2D eigenvalue weighted by Crippen LogP contribution is 2.29. The van der Waals surface area contributed by atoms with E-state index >= 15 is 0 Å². The van der Waals surface area contributed by atoms with E-state index < -0.39 is 4.92 Å². The number of nitrogens with zero attached hydrogens (tertiary/aromatic N) is 2. The Labute approximate surface area is 241 Å². The molecule has 214 valence electrons. The summed E-state index contributed by atoms with van der Waals surface area (Å²) in [6.07, 6.45) is 6.62. The monoisotopic (exact) mass is 567 g/mol. The summed E-state index contributed by atoms with van der Waals surface area (Å²) in [7, 11) is 0. The minimum Gasteiger partial charge on any atom is -0.357 e. The predicted octanol–water partition coefficient (Wildman–Crippen LogP) is 4.73. The number of nitro groups is 1. The summed E-state index contributed by atoms with van der Waals surface area (Å²) in [4.78, 5) is 39.3. The number of non-ortho nitro benzene ring substituents is 1. The highest BCUT2D eigenvalue weighted by atomic mass is 35.5. The van der Waals surface area contributed by atoms with Gasteiger partial charge in [-0.3, -0.25) is 19.7 Å². The Bertz CT molecular complexity index is 1220. The number of amides is 2. The third kappa shape index (κ3) is 8.16. The van der Waals surface area contributed by atoms with Crippen LogP contribution in [-0.4, -0.2) is 47.3 Å². The molecule has 2 aliphatic rings. The van der Waals surface area contributed by atoms with Gasteiger partial charge in [0.2, 0.25) is 5.91 Å². The number of rotatable bonds is 10. The van der Waals surface area contributed by atoms with Crippen LogP contribution in [0.4, 0.5) is 5.69 Å². The van der Waals surface area contributed by atoms with Crippen LogP contribution in [0.1, 0.15) is 62.6 Å². The van der Waals surface area contributed by atoms with E-state index in [-0.39, 0.29) is 47.7 Å². The smallest absolute Gasteiger partial charge is 0.269 e. The number of piperidine rings is 1. The molecule has 1 saturated heterocycles. The number of benzene rings is 2. The molecule has 2 amide bonds. The molecule has 1 unspecified atom stereocenters. The molecule has 2 aromatic carbocycles. The Hall–Kier alpha value is -3.69. The molecule has 1 fully saturated rings. The zero-order chi connectivity index (χ0) is 27.8. The number of allylic oxidation sites excluding steroid dienone is 1. The average Bonchev–Trinajstić information content (AvgIpc) is 2.95. The number of halogens is 1. The summed E-state index contributed by atoms with van der Waals surface area (Å²) in [6.45, 7) is 6.46. The lowest BCUT2D eigenvalue weighted by molar-refractivity contribution is -0.384. The third-order valence-electron chi connectivity index (χ3n) is 7.29. The van der Waals surface area contributed by atoms with E-state index in [1.54, 1.807) is 24.4 Å². The molecule has 0 bridgehead atoms. The minimum absolute atomic E-state index is 0. The van der Waals surface area contributed by atoms with Crippen molar-refractivity contribution in [2.75, 3.05) is 19.6 Å². The maximum absolute atomic E-state index is 13.4. The van der Waals surface area contributed by atoms with Gasteiger partial charge < -0.3 is 20.9 Å². The van der Waals surface area contributed by atoms with E-state index in [0.717, 1.165) is 38.0 Å². The lowest BCUT2D eigenvalue weighted by atomic mass is 9.89. The zero-order valence-corrected chi connectivity index (χ0v) is 23.8. The Balaban J connectivity index is 0.00000441. The van der Waals surface area contributed by atoms with Crippen molar-refractivity contribution in [2.24, 2.45) is 0 Å². The fourth-order valence-electron chi connectivity index (χ4n) is 5.17. The molecule has 0 aliphatic carbocycles. The van der Waals surface area contributed by atoms with Crippen molar-refractivity contribution < 1.29 is 14.5 Å². The molecule has 0 aromatic heterocycles. The first-order chi connectivity index (χ1) is 18.8.